The summed E-state index contributed by atoms with van der Waals surface area (Å²) in [5.74, 6) is 0. The van der Waals surface area contributed by atoms with Crippen LogP contribution in [0.3, 0.4) is 0 Å². The van der Waals surface area contributed by atoms with Crippen molar-refractivity contribution in [3.63, 3.8) is 0 Å². The maximum Gasteiger partial charge on any atom is 0.411 e. The monoisotopic (exact) mass is 155 g/mol. The third-order valence-electron chi connectivity index (χ3n) is 1.02. The molecule has 0 saturated carbocycles. The Hall–Kier alpha value is -1.25. The third kappa shape index (κ3) is 5.21. The van der Waals surface area contributed by atoms with Gasteiger partial charge in [0.05, 0.1) is 6.61 Å². The highest BCUT2D eigenvalue weighted by Crippen LogP contribution is 1.89. The molecule has 3 nitrogen and oxygen atoms in total. The van der Waals surface area contributed by atoms with Gasteiger partial charge in [0.25, 0.3) is 0 Å². The molecule has 0 saturated heterocycles. The second-order valence-corrected chi connectivity index (χ2v) is 1.96. The van der Waals surface area contributed by atoms with Crippen LogP contribution in [0.2, 0.25) is 0 Å². The number of allylic oxidation sites excluding steroid dienone is 2. The maximum absolute atomic E-state index is 10.7. The maximum atomic E-state index is 10.7. The lowest BCUT2D eigenvalue weighted by Gasteiger charge is -1.99. The summed E-state index contributed by atoms with van der Waals surface area (Å²) in [5.41, 5.74) is 0.887. The van der Waals surface area contributed by atoms with Gasteiger partial charge < -0.3 is 4.74 Å². The minimum Gasteiger partial charge on any atom is -0.450 e. The van der Waals surface area contributed by atoms with Crippen molar-refractivity contribution in [1.82, 2.24) is 5.32 Å². The summed E-state index contributed by atoms with van der Waals surface area (Å²) in [4.78, 5) is 10.7. The molecule has 0 aromatic rings. The van der Waals surface area contributed by atoms with E-state index in [4.69, 9.17) is 0 Å². The molecule has 0 rings (SSSR count). The summed E-state index contributed by atoms with van der Waals surface area (Å²) < 4.78 is 4.61. The molecule has 0 fully saturated rings. The molecule has 0 aliphatic heterocycles. The largest absolute Gasteiger partial charge is 0.450 e. The van der Waals surface area contributed by atoms with E-state index >= 15 is 0 Å². The summed E-state index contributed by atoms with van der Waals surface area (Å²) in [6.07, 6.45) is 2.76. The Labute approximate surface area is 66.7 Å². The molecular weight excluding hydrogens is 142 g/mol. The standard InChI is InChI=1S/C8H13NO2/c1-4-7(3)6-9-8(10)11-5-2/h4,6H,1,5H2,2-3H3,(H,9,10). The van der Waals surface area contributed by atoms with Crippen molar-refractivity contribution in [2.24, 2.45) is 0 Å². The van der Waals surface area contributed by atoms with E-state index < -0.39 is 6.09 Å². The number of carbonyl (C=O) groups is 1. The van der Waals surface area contributed by atoms with Crippen molar-refractivity contribution in [1.29, 1.82) is 0 Å². The van der Waals surface area contributed by atoms with Crippen molar-refractivity contribution >= 4 is 6.09 Å². The van der Waals surface area contributed by atoms with E-state index in [1.54, 1.807) is 19.2 Å². The van der Waals surface area contributed by atoms with E-state index in [9.17, 15) is 4.79 Å². The Morgan fingerprint density at radius 1 is 1.73 bits per heavy atom. The molecule has 0 atom stereocenters. The molecule has 1 amide bonds. The number of alkyl carbamates (subject to hydrolysis) is 1. The van der Waals surface area contributed by atoms with Crippen LogP contribution in [0.1, 0.15) is 13.8 Å². The molecule has 0 aromatic carbocycles. The third-order valence-corrected chi connectivity index (χ3v) is 1.02. The van der Waals surface area contributed by atoms with Crippen molar-refractivity contribution in [2.45, 2.75) is 13.8 Å². The van der Waals surface area contributed by atoms with Crippen molar-refractivity contribution in [3.05, 3.63) is 24.4 Å². The highest BCUT2D eigenvalue weighted by Gasteiger charge is 1.93. The first kappa shape index (κ1) is 9.75. The fourth-order valence-electron chi connectivity index (χ4n) is 0.404. The van der Waals surface area contributed by atoms with Gasteiger partial charge in [0, 0.05) is 6.20 Å². The lowest BCUT2D eigenvalue weighted by Crippen LogP contribution is -2.18. The SMILES string of the molecule is C=CC(C)=CNC(=O)OCC. The van der Waals surface area contributed by atoms with E-state index in [1.165, 1.54) is 0 Å². The zero-order valence-electron chi connectivity index (χ0n) is 6.89. The molecule has 0 bridgehead atoms. The normalized spacial score (nSPS) is 10.5. The van der Waals surface area contributed by atoms with Gasteiger partial charge >= 0.3 is 6.09 Å². The van der Waals surface area contributed by atoms with Crippen molar-refractivity contribution in [3.8, 4) is 0 Å². The van der Waals surface area contributed by atoms with Crippen LogP contribution in [-0.4, -0.2) is 12.7 Å². The Kier molecular flexibility index (Phi) is 4.90. The molecule has 0 aliphatic rings. The van der Waals surface area contributed by atoms with Crippen LogP contribution in [0.4, 0.5) is 4.79 Å². The van der Waals surface area contributed by atoms with Gasteiger partial charge in [-0.05, 0) is 19.4 Å². The van der Waals surface area contributed by atoms with Crippen LogP contribution in [0.5, 0.6) is 0 Å². The average Bonchev–Trinajstić information content (AvgIpc) is 2.01. The molecule has 11 heavy (non-hydrogen) atoms. The number of carbonyl (C=O) groups excluding carboxylic acids is 1. The molecule has 1 N–H and O–H groups in total. The summed E-state index contributed by atoms with van der Waals surface area (Å²) in [6, 6.07) is 0. The van der Waals surface area contributed by atoms with Gasteiger partial charge in [-0.1, -0.05) is 12.7 Å². The molecule has 62 valence electrons. The minimum absolute atomic E-state index is 0.382. The van der Waals surface area contributed by atoms with Gasteiger partial charge in [-0.25, -0.2) is 4.79 Å². The molecule has 0 spiro atoms. The summed E-state index contributed by atoms with van der Waals surface area (Å²) in [7, 11) is 0. The lowest BCUT2D eigenvalue weighted by atomic mass is 10.3. The average molecular weight is 155 g/mol. The number of hydrogen-bond acceptors (Lipinski definition) is 2. The molecule has 0 unspecified atom stereocenters. The number of ether oxygens (including phenoxy) is 1. The van der Waals surface area contributed by atoms with Crippen LogP contribution in [0.25, 0.3) is 0 Å². The van der Waals surface area contributed by atoms with Gasteiger partial charge in [-0.2, -0.15) is 0 Å². The fraction of sp³-hybridized carbons (Fsp3) is 0.375. The highest BCUT2D eigenvalue weighted by molar-refractivity contribution is 5.68. The van der Waals surface area contributed by atoms with Gasteiger partial charge in [0.15, 0.2) is 0 Å². The lowest BCUT2D eigenvalue weighted by molar-refractivity contribution is 0.156. The zero-order chi connectivity index (χ0) is 8.69. The van der Waals surface area contributed by atoms with Crippen LogP contribution >= 0.6 is 0 Å². The summed E-state index contributed by atoms with van der Waals surface area (Å²) >= 11 is 0. The van der Waals surface area contributed by atoms with Crippen LogP contribution in [0, 0.1) is 0 Å². The number of rotatable bonds is 3. The molecule has 0 radical (unpaired) electrons. The van der Waals surface area contributed by atoms with Gasteiger partial charge in [-0.3, -0.25) is 5.32 Å². The molecule has 0 aromatic heterocycles. The predicted molar refractivity (Wildman–Crippen MR) is 44.1 cm³/mol. The second kappa shape index (κ2) is 5.53. The minimum atomic E-state index is -0.436. The van der Waals surface area contributed by atoms with Crippen molar-refractivity contribution in [2.75, 3.05) is 6.61 Å². The Morgan fingerprint density at radius 3 is 2.82 bits per heavy atom. The Morgan fingerprint density at radius 2 is 2.36 bits per heavy atom. The molecule has 0 heterocycles. The molecule has 3 heteroatoms. The van der Waals surface area contributed by atoms with E-state index in [0.29, 0.717) is 6.61 Å². The summed E-state index contributed by atoms with van der Waals surface area (Å²) in [5, 5.41) is 2.44. The van der Waals surface area contributed by atoms with Gasteiger partial charge in [-0.15, -0.1) is 0 Å². The topological polar surface area (TPSA) is 38.3 Å². The van der Waals surface area contributed by atoms with E-state index in [1.807, 2.05) is 6.92 Å². The van der Waals surface area contributed by atoms with E-state index in [-0.39, 0.29) is 0 Å². The first-order chi connectivity index (χ1) is 5.20. The number of hydrogen-bond donors (Lipinski definition) is 1. The Bertz CT molecular complexity index is 173. The van der Waals surface area contributed by atoms with Crippen LogP contribution in [0.15, 0.2) is 24.4 Å². The van der Waals surface area contributed by atoms with Crippen molar-refractivity contribution < 1.29 is 9.53 Å². The number of amides is 1. The smallest absolute Gasteiger partial charge is 0.411 e. The summed E-state index contributed by atoms with van der Waals surface area (Å²) in [6.45, 7) is 7.49. The molecular formula is C8H13NO2. The van der Waals surface area contributed by atoms with Crippen LogP contribution in [-0.2, 0) is 4.74 Å². The first-order valence-electron chi connectivity index (χ1n) is 3.43. The van der Waals surface area contributed by atoms with Gasteiger partial charge in [0.1, 0.15) is 0 Å². The highest BCUT2D eigenvalue weighted by atomic mass is 16.5. The van der Waals surface area contributed by atoms with E-state index in [2.05, 4.69) is 16.6 Å². The fourth-order valence-corrected chi connectivity index (χ4v) is 0.404. The first-order valence-corrected chi connectivity index (χ1v) is 3.43. The number of nitrogens with one attached hydrogen (secondary N) is 1. The second-order valence-electron chi connectivity index (χ2n) is 1.96. The molecule has 0 aliphatic carbocycles. The Balaban J connectivity index is 3.68. The zero-order valence-corrected chi connectivity index (χ0v) is 6.89. The van der Waals surface area contributed by atoms with Crippen LogP contribution < -0.4 is 5.32 Å². The van der Waals surface area contributed by atoms with Gasteiger partial charge in [0.2, 0.25) is 0 Å². The van der Waals surface area contributed by atoms with E-state index in [0.717, 1.165) is 5.57 Å². The predicted octanol–water partition coefficient (Wildman–Crippen LogP) is 1.82. The quantitative estimate of drug-likeness (QED) is 0.631.